The van der Waals surface area contributed by atoms with E-state index in [4.69, 9.17) is 17.3 Å². The minimum Gasteiger partial charge on any atom is -0.391 e. The summed E-state index contributed by atoms with van der Waals surface area (Å²) in [6.07, 6.45) is 5.45. The van der Waals surface area contributed by atoms with Gasteiger partial charge in [0.25, 0.3) is 0 Å². The Morgan fingerprint density at radius 2 is 1.95 bits per heavy atom. The monoisotopic (exact) mass is 584 g/mol. The van der Waals surface area contributed by atoms with E-state index in [1.165, 1.54) is 6.26 Å². The minimum atomic E-state index is -3.11. The van der Waals surface area contributed by atoms with Crippen LogP contribution in [0.3, 0.4) is 0 Å². The fourth-order valence-electron chi connectivity index (χ4n) is 5.07. The molecule has 0 spiro atoms. The van der Waals surface area contributed by atoms with Crippen LogP contribution in [-0.2, 0) is 16.4 Å². The van der Waals surface area contributed by atoms with E-state index in [0.29, 0.717) is 36.1 Å². The van der Waals surface area contributed by atoms with Gasteiger partial charge in [0.15, 0.2) is 11.0 Å². The second-order valence-corrected chi connectivity index (χ2v) is 13.3. The molecular weight excluding hydrogens is 552 g/mol. The molecule has 11 nitrogen and oxygen atoms in total. The maximum Gasteiger partial charge on any atom is 0.166 e. The van der Waals surface area contributed by atoms with Crippen molar-refractivity contribution in [3.8, 4) is 11.4 Å². The van der Waals surface area contributed by atoms with Crippen molar-refractivity contribution in [1.29, 1.82) is 0 Å². The maximum atomic E-state index is 11.8. The fraction of sp³-hybridized carbons (Fsp3) is 0.407. The lowest BCUT2D eigenvalue weighted by Crippen LogP contribution is -2.63. The quantitative estimate of drug-likeness (QED) is 0.266. The first-order valence-electron chi connectivity index (χ1n) is 13.0. The number of nitrogens with zero attached hydrogens (tertiary/aromatic N) is 6. The van der Waals surface area contributed by atoms with Crippen LogP contribution < -0.4 is 16.0 Å². The Morgan fingerprint density at radius 1 is 1.18 bits per heavy atom. The summed E-state index contributed by atoms with van der Waals surface area (Å²) in [5.41, 5.74) is 9.06. The molecular formula is C27H33ClN8O3S. The second-order valence-electron chi connectivity index (χ2n) is 10.7. The second kappa shape index (κ2) is 10.9. The number of pyridine rings is 1. The zero-order valence-electron chi connectivity index (χ0n) is 22.8. The van der Waals surface area contributed by atoms with E-state index in [2.05, 4.69) is 45.3 Å². The molecule has 0 aliphatic carbocycles. The van der Waals surface area contributed by atoms with E-state index in [0.717, 1.165) is 22.0 Å². The van der Waals surface area contributed by atoms with Gasteiger partial charge < -0.3 is 21.1 Å². The number of hydrogen-bond donors (Lipinski definition) is 3. The average molecular weight is 585 g/mol. The molecule has 0 amide bonds. The van der Waals surface area contributed by atoms with Gasteiger partial charge in [-0.15, -0.1) is 0 Å². The molecule has 1 unspecified atom stereocenters. The molecule has 1 aromatic carbocycles. The van der Waals surface area contributed by atoms with Crippen LogP contribution >= 0.6 is 11.6 Å². The average Bonchev–Trinajstić information content (AvgIpc) is 3.24. The molecule has 13 heteroatoms. The largest absolute Gasteiger partial charge is 0.391 e. The number of halogens is 1. The first-order chi connectivity index (χ1) is 18.9. The van der Waals surface area contributed by atoms with Gasteiger partial charge in [0.2, 0.25) is 0 Å². The van der Waals surface area contributed by atoms with E-state index in [1.807, 2.05) is 23.2 Å². The molecule has 3 atom stereocenters. The SMILES string of the molecule is CC(O)Cn1cc(-c2nccc(Nc3cc4c(C(C)C)ccc(N5C[C@H](CS(C)(=O)=O)[C@H]5N)c4cn3)n2)c(Cl)n1. The van der Waals surface area contributed by atoms with Gasteiger partial charge in [-0.05, 0) is 42.0 Å². The van der Waals surface area contributed by atoms with Crippen molar-refractivity contribution in [3.05, 3.63) is 53.6 Å². The highest BCUT2D eigenvalue weighted by Crippen LogP contribution is 2.38. The van der Waals surface area contributed by atoms with Crippen molar-refractivity contribution in [1.82, 2.24) is 24.7 Å². The Morgan fingerprint density at radius 3 is 2.62 bits per heavy atom. The van der Waals surface area contributed by atoms with Crippen LogP contribution in [-0.4, -0.2) is 69.1 Å². The van der Waals surface area contributed by atoms with E-state index in [1.54, 1.807) is 30.1 Å². The Hall–Kier alpha value is -3.32. The summed E-state index contributed by atoms with van der Waals surface area (Å²) in [4.78, 5) is 15.7. The topological polar surface area (TPSA) is 152 Å². The number of hydrogen-bond acceptors (Lipinski definition) is 10. The molecule has 1 saturated heterocycles. The number of aliphatic hydroxyl groups is 1. The summed E-state index contributed by atoms with van der Waals surface area (Å²) in [6, 6.07) is 7.87. The van der Waals surface area contributed by atoms with E-state index in [-0.39, 0.29) is 28.9 Å². The van der Waals surface area contributed by atoms with Gasteiger partial charge in [-0.2, -0.15) is 5.10 Å². The molecule has 1 fully saturated rings. The van der Waals surface area contributed by atoms with Crippen molar-refractivity contribution >= 4 is 49.5 Å². The Labute approximate surface area is 238 Å². The van der Waals surface area contributed by atoms with Crippen molar-refractivity contribution in [2.75, 3.05) is 28.8 Å². The summed E-state index contributed by atoms with van der Waals surface area (Å²) in [5.74, 6) is 1.77. The van der Waals surface area contributed by atoms with Gasteiger partial charge in [0.05, 0.1) is 30.1 Å². The predicted molar refractivity (Wildman–Crippen MR) is 158 cm³/mol. The molecule has 1 aliphatic heterocycles. The lowest BCUT2D eigenvalue weighted by atomic mass is 9.92. The van der Waals surface area contributed by atoms with Crippen LogP contribution in [0.1, 0.15) is 32.3 Å². The first-order valence-corrected chi connectivity index (χ1v) is 15.5. The van der Waals surface area contributed by atoms with Gasteiger partial charge in [-0.1, -0.05) is 31.5 Å². The van der Waals surface area contributed by atoms with Crippen molar-refractivity contribution in [2.24, 2.45) is 11.7 Å². The zero-order chi connectivity index (χ0) is 28.8. The highest BCUT2D eigenvalue weighted by atomic mass is 35.5. The van der Waals surface area contributed by atoms with Gasteiger partial charge in [0, 0.05) is 48.4 Å². The molecule has 40 heavy (non-hydrogen) atoms. The summed E-state index contributed by atoms with van der Waals surface area (Å²) in [7, 11) is -3.11. The van der Waals surface area contributed by atoms with Crippen LogP contribution in [0.4, 0.5) is 17.3 Å². The fourth-order valence-corrected chi connectivity index (χ4v) is 6.38. The van der Waals surface area contributed by atoms with Gasteiger partial charge in [-0.3, -0.25) is 4.68 Å². The molecule has 0 saturated carbocycles. The number of nitrogens with one attached hydrogen (secondary N) is 1. The molecule has 212 valence electrons. The van der Waals surface area contributed by atoms with Gasteiger partial charge in [0.1, 0.15) is 21.5 Å². The van der Waals surface area contributed by atoms with Crippen molar-refractivity contribution < 1.29 is 13.5 Å². The van der Waals surface area contributed by atoms with Gasteiger partial charge in [-0.25, -0.2) is 23.4 Å². The minimum absolute atomic E-state index is 0.0759. The Balaban J connectivity index is 1.44. The third-order valence-corrected chi connectivity index (χ3v) is 8.27. The number of fused-ring (bicyclic) bond motifs is 1. The summed E-state index contributed by atoms with van der Waals surface area (Å²) < 4.78 is 25.1. The third-order valence-electron chi connectivity index (χ3n) is 6.95. The van der Waals surface area contributed by atoms with Crippen LogP contribution in [0, 0.1) is 5.92 Å². The maximum absolute atomic E-state index is 11.8. The molecule has 4 N–H and O–H groups in total. The van der Waals surface area contributed by atoms with E-state index in [9.17, 15) is 13.5 Å². The van der Waals surface area contributed by atoms with Gasteiger partial charge >= 0.3 is 0 Å². The van der Waals surface area contributed by atoms with Crippen LogP contribution in [0.5, 0.6) is 0 Å². The lowest BCUT2D eigenvalue weighted by molar-refractivity contribution is 0.168. The predicted octanol–water partition coefficient (Wildman–Crippen LogP) is 3.56. The highest BCUT2D eigenvalue weighted by molar-refractivity contribution is 7.90. The summed E-state index contributed by atoms with van der Waals surface area (Å²) in [5, 5.41) is 19.4. The number of rotatable bonds is 9. The number of sulfone groups is 1. The zero-order valence-corrected chi connectivity index (χ0v) is 24.4. The molecule has 0 bridgehead atoms. The summed E-state index contributed by atoms with van der Waals surface area (Å²) in [6.45, 7) is 6.83. The first kappa shape index (κ1) is 28.2. The van der Waals surface area contributed by atoms with Crippen molar-refractivity contribution in [2.45, 2.75) is 45.5 Å². The number of benzene rings is 1. The number of nitrogens with two attached hydrogens (primary N) is 1. The van der Waals surface area contributed by atoms with Crippen LogP contribution in [0.2, 0.25) is 5.15 Å². The number of aliphatic hydroxyl groups excluding tert-OH is 1. The summed E-state index contributed by atoms with van der Waals surface area (Å²) >= 11 is 6.33. The third kappa shape index (κ3) is 5.90. The van der Waals surface area contributed by atoms with E-state index >= 15 is 0 Å². The van der Waals surface area contributed by atoms with E-state index < -0.39 is 15.9 Å². The molecule has 4 heterocycles. The van der Waals surface area contributed by atoms with Crippen LogP contribution in [0.25, 0.3) is 22.2 Å². The lowest BCUT2D eigenvalue weighted by Gasteiger charge is -2.47. The Kier molecular flexibility index (Phi) is 7.71. The highest BCUT2D eigenvalue weighted by Gasteiger charge is 2.39. The van der Waals surface area contributed by atoms with Crippen LogP contribution in [0.15, 0.2) is 42.9 Å². The number of aromatic nitrogens is 5. The Bertz CT molecular complexity index is 1660. The molecule has 4 aromatic rings. The molecule has 5 rings (SSSR count). The standard InChI is InChI=1S/C27H33ClN8O3S/c1-15(2)18-5-6-22(36-12-17(26(36)29)14-40(4,38)39)20-10-31-24(9-19(18)20)32-23-7-8-30-27(33-23)21-13-35(11-16(3)37)34-25(21)28/h5-10,13,15-17,26,37H,11-12,14,29H2,1-4H3,(H,30,31,32,33)/t16?,17-,26+/m1/s1. The molecule has 0 radical (unpaired) electrons. The molecule has 1 aliphatic rings. The molecule has 3 aromatic heterocycles. The van der Waals surface area contributed by atoms with Crippen molar-refractivity contribution in [3.63, 3.8) is 0 Å². The number of anilines is 3. The smallest absolute Gasteiger partial charge is 0.166 e. The normalized spacial score (nSPS) is 18.2.